The van der Waals surface area contributed by atoms with Crippen LogP contribution in [0.4, 0.5) is 4.39 Å². The Morgan fingerprint density at radius 2 is 1.57 bits per heavy atom. The van der Waals surface area contributed by atoms with Crippen molar-refractivity contribution in [2.24, 2.45) is 0 Å². The van der Waals surface area contributed by atoms with Crippen molar-refractivity contribution in [1.82, 2.24) is 0 Å². The fourth-order valence-electron chi connectivity index (χ4n) is 1.90. The molecule has 1 aromatic carbocycles. The largest absolute Gasteiger partial charge is 0.491 e. The van der Waals surface area contributed by atoms with Gasteiger partial charge < -0.3 is 29.0 Å². The lowest BCUT2D eigenvalue weighted by molar-refractivity contribution is 0.0445. The van der Waals surface area contributed by atoms with Crippen molar-refractivity contribution in [3.63, 3.8) is 0 Å². The monoisotopic (exact) mass is 330 g/mol. The van der Waals surface area contributed by atoms with E-state index in [4.69, 9.17) is 18.9 Å². The Hall–Kier alpha value is -1.19. The van der Waals surface area contributed by atoms with Gasteiger partial charge in [0, 0.05) is 24.8 Å². The van der Waals surface area contributed by atoms with E-state index in [0.717, 1.165) is 0 Å². The van der Waals surface area contributed by atoms with Crippen molar-refractivity contribution in [2.45, 2.75) is 20.5 Å². The first-order chi connectivity index (χ1) is 11.1. The average molecular weight is 330 g/mol. The minimum Gasteiger partial charge on any atom is -0.491 e. The van der Waals surface area contributed by atoms with Crippen LogP contribution < -0.4 is 10.2 Å². The lowest BCUT2D eigenvalue weighted by Gasteiger charge is -2.14. The maximum Gasteiger partial charge on any atom is 0.489 e. The number of ether oxygens (including phenoxy) is 4. The van der Waals surface area contributed by atoms with Crippen LogP contribution in [-0.4, -0.2) is 56.8 Å². The number of halogens is 1. The number of hydrogen-bond donors (Lipinski definition) is 2. The van der Waals surface area contributed by atoms with Gasteiger partial charge in [-0.15, -0.1) is 0 Å². The van der Waals surface area contributed by atoms with E-state index in [-0.39, 0.29) is 30.0 Å². The Balaban J connectivity index is 2.69. The van der Waals surface area contributed by atoms with Crippen LogP contribution in [0.2, 0.25) is 0 Å². The fraction of sp³-hybridized carbons (Fsp3) is 0.600. The van der Waals surface area contributed by atoms with Crippen molar-refractivity contribution < 1.29 is 33.4 Å². The molecule has 130 valence electrons. The Morgan fingerprint density at radius 1 is 0.957 bits per heavy atom. The van der Waals surface area contributed by atoms with Crippen LogP contribution in [0.3, 0.4) is 0 Å². The molecule has 23 heavy (non-hydrogen) atoms. The van der Waals surface area contributed by atoms with E-state index in [0.29, 0.717) is 33.0 Å². The van der Waals surface area contributed by atoms with Gasteiger partial charge in [0.25, 0.3) is 0 Å². The second-order valence-electron chi connectivity index (χ2n) is 4.64. The Kier molecular flexibility index (Phi) is 9.81. The molecule has 0 saturated heterocycles. The summed E-state index contributed by atoms with van der Waals surface area (Å²) in [5.41, 5.74) is 0.112. The predicted molar refractivity (Wildman–Crippen MR) is 84.4 cm³/mol. The van der Waals surface area contributed by atoms with Crippen LogP contribution in [0.25, 0.3) is 0 Å². The summed E-state index contributed by atoms with van der Waals surface area (Å²) in [4.78, 5) is 0. The molecule has 0 bridgehead atoms. The zero-order valence-electron chi connectivity index (χ0n) is 13.6. The Labute approximate surface area is 136 Å². The minimum atomic E-state index is -1.81. The number of benzene rings is 1. The summed E-state index contributed by atoms with van der Waals surface area (Å²) >= 11 is 0. The van der Waals surface area contributed by atoms with Gasteiger partial charge in [-0.25, -0.2) is 4.39 Å². The van der Waals surface area contributed by atoms with Crippen LogP contribution in [0.15, 0.2) is 12.1 Å². The number of hydrogen-bond acceptors (Lipinski definition) is 6. The third-order valence-electron chi connectivity index (χ3n) is 3.00. The summed E-state index contributed by atoms with van der Waals surface area (Å²) in [5.74, 6) is -0.401. The van der Waals surface area contributed by atoms with Gasteiger partial charge in [-0.3, -0.25) is 0 Å². The van der Waals surface area contributed by atoms with Crippen molar-refractivity contribution in [2.75, 3.05) is 39.6 Å². The highest BCUT2D eigenvalue weighted by atomic mass is 19.1. The Morgan fingerprint density at radius 3 is 2.17 bits per heavy atom. The minimum absolute atomic E-state index is 0.0211. The van der Waals surface area contributed by atoms with Crippen molar-refractivity contribution >= 4 is 12.6 Å². The maximum absolute atomic E-state index is 14.2. The normalized spacial score (nSPS) is 10.8. The highest BCUT2D eigenvalue weighted by Crippen LogP contribution is 2.16. The molecule has 0 aliphatic carbocycles. The van der Waals surface area contributed by atoms with Crippen LogP contribution in [-0.2, 0) is 20.8 Å². The quantitative estimate of drug-likeness (QED) is 0.429. The molecule has 0 saturated carbocycles. The molecular formula is C15H24BFO6. The molecule has 0 aliphatic rings. The van der Waals surface area contributed by atoms with Crippen molar-refractivity contribution in [1.29, 1.82) is 0 Å². The van der Waals surface area contributed by atoms with Crippen molar-refractivity contribution in [3.05, 3.63) is 23.5 Å². The highest BCUT2D eigenvalue weighted by molar-refractivity contribution is 6.59. The smallest absolute Gasteiger partial charge is 0.489 e. The lowest BCUT2D eigenvalue weighted by Crippen LogP contribution is -2.34. The molecule has 0 amide bonds. The third kappa shape index (κ3) is 7.28. The third-order valence-corrected chi connectivity index (χ3v) is 3.00. The second kappa shape index (κ2) is 11.4. The molecule has 8 heteroatoms. The molecule has 0 unspecified atom stereocenters. The molecule has 0 aliphatic heterocycles. The first kappa shape index (κ1) is 19.9. The summed E-state index contributed by atoms with van der Waals surface area (Å²) in [5, 5.41) is 18.9. The van der Waals surface area contributed by atoms with Crippen LogP contribution in [0.5, 0.6) is 5.75 Å². The lowest BCUT2D eigenvalue weighted by atomic mass is 9.77. The van der Waals surface area contributed by atoms with Gasteiger partial charge in [0.05, 0.1) is 26.4 Å². The second-order valence-corrected chi connectivity index (χ2v) is 4.64. The first-order valence-electron chi connectivity index (χ1n) is 7.64. The molecule has 0 aromatic heterocycles. The summed E-state index contributed by atoms with van der Waals surface area (Å²) in [6.45, 7) is 6.10. The molecule has 0 atom stereocenters. The van der Waals surface area contributed by atoms with Gasteiger partial charge in [-0.2, -0.15) is 0 Å². The molecule has 0 spiro atoms. The summed E-state index contributed by atoms with van der Waals surface area (Å²) in [7, 11) is -1.81. The molecule has 0 fully saturated rings. The zero-order valence-corrected chi connectivity index (χ0v) is 13.6. The zero-order chi connectivity index (χ0) is 17.1. The predicted octanol–water partition coefficient (Wildman–Crippen LogP) is 0.474. The fourth-order valence-corrected chi connectivity index (χ4v) is 1.90. The van der Waals surface area contributed by atoms with Gasteiger partial charge >= 0.3 is 7.12 Å². The molecular weight excluding hydrogens is 306 g/mol. The van der Waals surface area contributed by atoms with E-state index in [1.807, 2.05) is 13.8 Å². The van der Waals surface area contributed by atoms with Gasteiger partial charge in [-0.05, 0) is 25.4 Å². The van der Waals surface area contributed by atoms with Gasteiger partial charge in [0.15, 0.2) is 0 Å². The van der Waals surface area contributed by atoms with E-state index in [9.17, 15) is 14.4 Å². The SMILES string of the molecule is CCOCCOCc1c(F)cc(OCCOCC)cc1B(O)O. The van der Waals surface area contributed by atoms with E-state index in [1.165, 1.54) is 12.1 Å². The van der Waals surface area contributed by atoms with Gasteiger partial charge in [0.1, 0.15) is 18.2 Å². The molecule has 1 aromatic rings. The van der Waals surface area contributed by atoms with Crippen molar-refractivity contribution in [3.8, 4) is 5.75 Å². The summed E-state index contributed by atoms with van der Waals surface area (Å²) in [6.07, 6.45) is 0. The molecule has 1 rings (SSSR count). The standard InChI is InChI=1S/C15H24BFO6/c1-3-20-5-6-22-11-13-14(16(18)19)9-12(10-15(13)17)23-8-7-21-4-2/h9-10,18-19H,3-8,11H2,1-2H3. The van der Waals surface area contributed by atoms with Gasteiger partial charge in [0.2, 0.25) is 0 Å². The molecule has 6 nitrogen and oxygen atoms in total. The molecule has 0 heterocycles. The average Bonchev–Trinajstić information content (AvgIpc) is 2.52. The molecule has 0 radical (unpaired) electrons. The van der Waals surface area contributed by atoms with E-state index in [2.05, 4.69) is 0 Å². The Bertz CT molecular complexity index is 458. The topological polar surface area (TPSA) is 77.4 Å². The van der Waals surface area contributed by atoms with Crippen LogP contribution in [0.1, 0.15) is 19.4 Å². The van der Waals surface area contributed by atoms with Crippen LogP contribution >= 0.6 is 0 Å². The molecule has 2 N–H and O–H groups in total. The van der Waals surface area contributed by atoms with Crippen LogP contribution in [0, 0.1) is 5.82 Å². The van der Waals surface area contributed by atoms with E-state index >= 15 is 0 Å². The first-order valence-corrected chi connectivity index (χ1v) is 7.64. The van der Waals surface area contributed by atoms with Gasteiger partial charge in [-0.1, -0.05) is 0 Å². The summed E-state index contributed by atoms with van der Waals surface area (Å²) < 4.78 is 35.1. The van der Waals surface area contributed by atoms with E-state index < -0.39 is 12.9 Å². The maximum atomic E-state index is 14.2. The highest BCUT2D eigenvalue weighted by Gasteiger charge is 2.21. The summed E-state index contributed by atoms with van der Waals surface area (Å²) in [6, 6.07) is 2.58. The number of rotatable bonds is 12. The van der Waals surface area contributed by atoms with E-state index in [1.54, 1.807) is 0 Å².